The van der Waals surface area contributed by atoms with Crippen molar-refractivity contribution >= 4 is 71.2 Å². The molecule has 0 saturated carbocycles. The van der Waals surface area contributed by atoms with Gasteiger partial charge in [0.05, 0.1) is 27.6 Å². The number of rotatable bonds is 4. The normalized spacial score (nSPS) is 12.0. The van der Waals surface area contributed by atoms with E-state index < -0.39 is 0 Å². The van der Waals surface area contributed by atoms with Crippen LogP contribution in [0.15, 0.2) is 194 Å². The Morgan fingerprint density at radius 2 is 0.891 bits per heavy atom. The molecule has 0 aliphatic heterocycles. The molecule has 12 rings (SSSR count). The first-order chi connectivity index (χ1) is 27.3. The average Bonchev–Trinajstić information content (AvgIpc) is 3.92. The van der Waals surface area contributed by atoms with Gasteiger partial charge in [0.15, 0.2) is 0 Å². The number of nitrogens with zero attached hydrogens (tertiary/aromatic N) is 4. The molecule has 12 aromatic rings. The summed E-state index contributed by atoms with van der Waals surface area (Å²) in [6.45, 7) is 0. The molecular formula is C51H32N4. The molecule has 0 aliphatic carbocycles. The molecule has 0 unspecified atom stereocenters. The Hall–Kier alpha value is -7.43. The lowest BCUT2D eigenvalue weighted by Crippen LogP contribution is -2.00. The predicted molar refractivity (Wildman–Crippen MR) is 230 cm³/mol. The zero-order chi connectivity index (χ0) is 36.0. The molecular weight excluding hydrogens is 669 g/mol. The quantitative estimate of drug-likeness (QED) is 0.180. The van der Waals surface area contributed by atoms with Crippen LogP contribution in [0.5, 0.6) is 0 Å². The Labute approximate surface area is 316 Å². The van der Waals surface area contributed by atoms with Crippen LogP contribution < -0.4 is 0 Å². The molecule has 0 saturated heterocycles. The van der Waals surface area contributed by atoms with E-state index in [4.69, 9.17) is 4.98 Å². The van der Waals surface area contributed by atoms with Crippen molar-refractivity contribution in [2.24, 2.45) is 0 Å². The molecule has 0 radical (unpaired) electrons. The summed E-state index contributed by atoms with van der Waals surface area (Å²) in [4.78, 5) is 5.25. The Bertz CT molecular complexity index is 3480. The van der Waals surface area contributed by atoms with Gasteiger partial charge >= 0.3 is 0 Å². The zero-order valence-electron chi connectivity index (χ0n) is 29.8. The van der Waals surface area contributed by atoms with Crippen molar-refractivity contribution in [2.75, 3.05) is 0 Å². The molecule has 4 heterocycles. The third kappa shape index (κ3) is 4.37. The molecule has 0 bridgehead atoms. The summed E-state index contributed by atoms with van der Waals surface area (Å²) in [6.07, 6.45) is 0. The summed E-state index contributed by atoms with van der Waals surface area (Å²) >= 11 is 0. The third-order valence-corrected chi connectivity index (χ3v) is 11.4. The first-order valence-corrected chi connectivity index (χ1v) is 18.8. The number of aromatic nitrogens is 4. The van der Waals surface area contributed by atoms with Gasteiger partial charge in [-0.15, -0.1) is 0 Å². The fourth-order valence-electron chi connectivity index (χ4n) is 8.98. The van der Waals surface area contributed by atoms with Crippen LogP contribution in [-0.4, -0.2) is 18.5 Å². The number of benzene rings is 8. The van der Waals surface area contributed by atoms with Crippen molar-refractivity contribution in [1.82, 2.24) is 18.5 Å². The van der Waals surface area contributed by atoms with E-state index in [2.05, 4.69) is 208 Å². The molecule has 0 atom stereocenters. The highest BCUT2D eigenvalue weighted by molar-refractivity contribution is 6.24. The van der Waals surface area contributed by atoms with Crippen molar-refractivity contribution in [2.45, 2.75) is 0 Å². The standard InChI is InChI=1S/C51H32N4/c1-3-14-33(15-4-1)34-16-13-19-38(30-34)54-47-29-27-36(35-26-28-46-42(31-35)39-20-9-11-24-45(39)53(46)37-17-5-2-6-18-37)32-43(47)49-40-21-7-8-22-41(40)50-52-44-23-10-12-25-48(44)55(50)51(49)54/h1-32H. The van der Waals surface area contributed by atoms with Crippen LogP contribution in [0.4, 0.5) is 0 Å². The van der Waals surface area contributed by atoms with E-state index in [1.165, 1.54) is 60.2 Å². The maximum absolute atomic E-state index is 5.25. The molecule has 0 aliphatic rings. The van der Waals surface area contributed by atoms with E-state index >= 15 is 0 Å². The molecule has 4 aromatic heterocycles. The van der Waals surface area contributed by atoms with Gasteiger partial charge in [-0.25, -0.2) is 4.98 Å². The first-order valence-electron chi connectivity index (χ1n) is 18.8. The van der Waals surface area contributed by atoms with Crippen molar-refractivity contribution < 1.29 is 0 Å². The topological polar surface area (TPSA) is 27.2 Å². The molecule has 0 fully saturated rings. The second-order valence-electron chi connectivity index (χ2n) is 14.4. The molecule has 4 nitrogen and oxygen atoms in total. The van der Waals surface area contributed by atoms with Gasteiger partial charge in [0.1, 0.15) is 11.3 Å². The van der Waals surface area contributed by atoms with Crippen LogP contribution >= 0.6 is 0 Å². The van der Waals surface area contributed by atoms with E-state index in [1.54, 1.807) is 0 Å². The lowest BCUT2D eigenvalue weighted by molar-refractivity contribution is 1.12. The van der Waals surface area contributed by atoms with Gasteiger partial charge in [0.2, 0.25) is 0 Å². The molecule has 0 spiro atoms. The van der Waals surface area contributed by atoms with Crippen molar-refractivity contribution in [3.05, 3.63) is 194 Å². The Morgan fingerprint density at radius 3 is 1.69 bits per heavy atom. The van der Waals surface area contributed by atoms with Gasteiger partial charge in [0, 0.05) is 38.3 Å². The van der Waals surface area contributed by atoms with E-state index in [0.717, 1.165) is 44.6 Å². The maximum atomic E-state index is 5.25. The fourth-order valence-corrected chi connectivity index (χ4v) is 8.98. The molecule has 8 aromatic carbocycles. The van der Waals surface area contributed by atoms with E-state index in [-0.39, 0.29) is 0 Å². The van der Waals surface area contributed by atoms with Crippen molar-refractivity contribution in [1.29, 1.82) is 0 Å². The lowest BCUT2D eigenvalue weighted by atomic mass is 9.99. The second kappa shape index (κ2) is 11.5. The minimum Gasteiger partial charge on any atom is -0.309 e. The van der Waals surface area contributed by atoms with Gasteiger partial charge in [-0.2, -0.15) is 0 Å². The van der Waals surface area contributed by atoms with Crippen LogP contribution in [0.3, 0.4) is 0 Å². The highest BCUT2D eigenvalue weighted by Gasteiger charge is 2.23. The number of pyridine rings is 1. The summed E-state index contributed by atoms with van der Waals surface area (Å²) in [5.41, 5.74) is 14.7. The Morgan fingerprint density at radius 1 is 0.327 bits per heavy atom. The van der Waals surface area contributed by atoms with Crippen molar-refractivity contribution in [3.8, 4) is 33.6 Å². The van der Waals surface area contributed by atoms with Gasteiger partial charge in [-0.05, 0) is 94.4 Å². The maximum Gasteiger partial charge on any atom is 0.147 e. The number of para-hydroxylation sites is 4. The third-order valence-electron chi connectivity index (χ3n) is 11.4. The summed E-state index contributed by atoms with van der Waals surface area (Å²) in [6, 6.07) is 70.2. The highest BCUT2D eigenvalue weighted by Crippen LogP contribution is 2.42. The molecule has 55 heavy (non-hydrogen) atoms. The Kier molecular flexibility index (Phi) is 6.31. The lowest BCUT2D eigenvalue weighted by Gasteiger charge is -2.13. The largest absolute Gasteiger partial charge is 0.309 e. The van der Waals surface area contributed by atoms with Crippen LogP contribution in [0.2, 0.25) is 0 Å². The number of hydrogen-bond acceptors (Lipinski definition) is 1. The number of hydrogen-bond donors (Lipinski definition) is 0. The Balaban J connectivity index is 1.18. The molecule has 0 amide bonds. The van der Waals surface area contributed by atoms with Crippen LogP contribution in [0, 0.1) is 0 Å². The van der Waals surface area contributed by atoms with Crippen molar-refractivity contribution in [3.63, 3.8) is 0 Å². The number of imidazole rings is 1. The smallest absolute Gasteiger partial charge is 0.147 e. The van der Waals surface area contributed by atoms with Crippen LogP contribution in [-0.2, 0) is 0 Å². The van der Waals surface area contributed by atoms with Gasteiger partial charge in [-0.3, -0.25) is 8.97 Å². The van der Waals surface area contributed by atoms with Gasteiger partial charge in [-0.1, -0.05) is 127 Å². The fraction of sp³-hybridized carbons (Fsp3) is 0. The summed E-state index contributed by atoms with van der Waals surface area (Å²) in [7, 11) is 0. The van der Waals surface area contributed by atoms with Crippen LogP contribution in [0.1, 0.15) is 0 Å². The van der Waals surface area contributed by atoms with E-state index in [0.29, 0.717) is 0 Å². The number of fused-ring (bicyclic) bond motifs is 13. The summed E-state index contributed by atoms with van der Waals surface area (Å²) in [5, 5.41) is 7.26. The van der Waals surface area contributed by atoms with E-state index in [1.807, 2.05) is 0 Å². The zero-order valence-corrected chi connectivity index (χ0v) is 29.8. The predicted octanol–water partition coefficient (Wildman–Crippen LogP) is 13.2. The monoisotopic (exact) mass is 700 g/mol. The van der Waals surface area contributed by atoms with Gasteiger partial charge < -0.3 is 4.57 Å². The molecule has 4 heteroatoms. The first kappa shape index (κ1) is 30.1. The highest BCUT2D eigenvalue weighted by atomic mass is 15.1. The molecule has 0 N–H and O–H groups in total. The molecule has 256 valence electrons. The SMILES string of the molecule is c1ccc(-c2cccc(-n3c4ccc(-c5ccc6c(c5)c5ccccc5n6-c5ccccc5)cc4c4c5ccccc5c5nc6ccccc6n5c43)c2)cc1. The van der Waals surface area contributed by atoms with Gasteiger partial charge in [0.25, 0.3) is 0 Å². The average molecular weight is 701 g/mol. The minimum absolute atomic E-state index is 0.966. The summed E-state index contributed by atoms with van der Waals surface area (Å²) in [5.74, 6) is 0. The van der Waals surface area contributed by atoms with Crippen LogP contribution in [0.25, 0.3) is 105 Å². The van der Waals surface area contributed by atoms with E-state index in [9.17, 15) is 0 Å². The minimum atomic E-state index is 0.966. The second-order valence-corrected chi connectivity index (χ2v) is 14.4. The summed E-state index contributed by atoms with van der Waals surface area (Å²) < 4.78 is 7.21.